The van der Waals surface area contributed by atoms with Crippen molar-refractivity contribution in [2.24, 2.45) is 0 Å². The van der Waals surface area contributed by atoms with Gasteiger partial charge in [-0.2, -0.15) is 0 Å². The van der Waals surface area contributed by atoms with Crippen LogP contribution in [0, 0.1) is 6.92 Å². The van der Waals surface area contributed by atoms with Gasteiger partial charge in [-0.15, -0.1) is 0 Å². The first-order chi connectivity index (χ1) is 22.2. The van der Waals surface area contributed by atoms with Crippen LogP contribution in [0.3, 0.4) is 0 Å². The zero-order chi connectivity index (χ0) is 32.7. The molecule has 9 nitrogen and oxygen atoms in total. The highest BCUT2D eigenvalue weighted by atomic mass is 32.2. The summed E-state index contributed by atoms with van der Waals surface area (Å²) in [6, 6.07) is 20.8. The van der Waals surface area contributed by atoms with Crippen molar-refractivity contribution in [2.75, 3.05) is 59.1 Å². The van der Waals surface area contributed by atoms with Crippen LogP contribution < -0.4 is 19.7 Å². The number of hydrogen-bond acceptors (Lipinski definition) is 9. The first-order valence-corrected chi connectivity index (χ1v) is 17.6. The Morgan fingerprint density at radius 1 is 1.02 bits per heavy atom. The van der Waals surface area contributed by atoms with Crippen molar-refractivity contribution in [3.8, 4) is 11.5 Å². The maximum Gasteiger partial charge on any atom is 0.209 e. The maximum atomic E-state index is 14.5. The second kappa shape index (κ2) is 15.6. The average Bonchev–Trinajstić information content (AvgIpc) is 3.07. The lowest BCUT2D eigenvalue weighted by molar-refractivity contribution is -0.0110. The number of anilines is 1. The van der Waals surface area contributed by atoms with E-state index in [9.17, 15) is 8.42 Å². The highest BCUT2D eigenvalue weighted by Crippen LogP contribution is 2.41. The van der Waals surface area contributed by atoms with Crippen LogP contribution >= 0.6 is 0 Å². The SMILES string of the molecule is COCCCN1CCOc2ccc(C(O[C@H]3CN[C@@H](C[C@@H](C)OC)C[C@@H]3c3ccc(OC)cc3)S(=O)(=O)c3ccc(C)cc3)cc21. The Balaban J connectivity index is 1.53. The third kappa shape index (κ3) is 8.04. The summed E-state index contributed by atoms with van der Waals surface area (Å²) in [5, 5.41) is 3.63. The number of nitrogens with one attached hydrogen (secondary N) is 1. The monoisotopic (exact) mass is 652 g/mol. The lowest BCUT2D eigenvalue weighted by atomic mass is 9.82. The highest BCUT2D eigenvalue weighted by molar-refractivity contribution is 7.91. The number of nitrogens with zero attached hydrogens (tertiary/aromatic N) is 1. The molecule has 1 unspecified atom stereocenters. The Labute approximate surface area is 274 Å². The molecule has 1 saturated heterocycles. The Kier molecular flexibility index (Phi) is 11.6. The van der Waals surface area contributed by atoms with Crippen molar-refractivity contribution in [3.05, 3.63) is 83.4 Å². The Morgan fingerprint density at radius 3 is 2.48 bits per heavy atom. The molecule has 0 saturated carbocycles. The van der Waals surface area contributed by atoms with Crippen LogP contribution in [0.4, 0.5) is 5.69 Å². The normalized spacial score (nSPS) is 21.2. The molecule has 3 aromatic carbocycles. The summed E-state index contributed by atoms with van der Waals surface area (Å²) in [4.78, 5) is 2.46. The summed E-state index contributed by atoms with van der Waals surface area (Å²) in [6.45, 7) is 7.21. The molecule has 250 valence electrons. The predicted molar refractivity (Wildman–Crippen MR) is 180 cm³/mol. The van der Waals surface area contributed by atoms with Gasteiger partial charge in [0.2, 0.25) is 9.84 Å². The fraction of sp³-hybridized carbons (Fsp3) is 0.500. The smallest absolute Gasteiger partial charge is 0.209 e. The van der Waals surface area contributed by atoms with E-state index in [1.54, 1.807) is 33.5 Å². The Hall–Kier alpha value is -3.15. The largest absolute Gasteiger partial charge is 0.497 e. The number of rotatable bonds is 14. The second-order valence-electron chi connectivity index (χ2n) is 12.3. The van der Waals surface area contributed by atoms with Gasteiger partial charge in [-0.1, -0.05) is 35.9 Å². The molecule has 0 radical (unpaired) electrons. The van der Waals surface area contributed by atoms with Crippen molar-refractivity contribution < 1.29 is 32.1 Å². The van der Waals surface area contributed by atoms with Crippen LogP contribution in [0.25, 0.3) is 0 Å². The van der Waals surface area contributed by atoms with Crippen LogP contribution in [-0.4, -0.2) is 80.8 Å². The quantitative estimate of drug-likeness (QED) is 0.221. The maximum absolute atomic E-state index is 14.5. The molecule has 0 bridgehead atoms. The van der Waals surface area contributed by atoms with Crippen molar-refractivity contribution in [3.63, 3.8) is 0 Å². The standard InChI is InChI=1S/C36H48N2O7S/c1-25-7-14-31(15-8-25)46(39,40)36(28-11-16-34-33(22-28)38(18-20-44-34)17-6-19-41-3)45-35-24-37-29(21-26(2)42-4)23-32(35)27-9-12-30(43-5)13-10-27/h7-16,22,26,29,32,35-37H,6,17-21,23-24H2,1-5H3/t26-,29+,32-,35+,36?/m1/s1. The van der Waals surface area contributed by atoms with Gasteiger partial charge in [0.05, 0.1) is 36.4 Å². The van der Waals surface area contributed by atoms with Crippen molar-refractivity contribution in [2.45, 2.75) is 67.6 Å². The van der Waals surface area contributed by atoms with Gasteiger partial charge in [-0.25, -0.2) is 8.42 Å². The highest BCUT2D eigenvalue weighted by Gasteiger charge is 2.39. The van der Waals surface area contributed by atoms with Crippen molar-refractivity contribution >= 4 is 15.5 Å². The van der Waals surface area contributed by atoms with E-state index in [1.807, 2.05) is 49.4 Å². The molecule has 2 aliphatic heterocycles. The molecular formula is C36H48N2O7S. The number of benzene rings is 3. The third-order valence-corrected chi connectivity index (χ3v) is 11.0. The average molecular weight is 653 g/mol. The van der Waals surface area contributed by atoms with Gasteiger partial charge in [0, 0.05) is 45.9 Å². The Bertz CT molecular complexity index is 1510. The van der Waals surface area contributed by atoms with E-state index < -0.39 is 21.4 Å². The summed E-state index contributed by atoms with van der Waals surface area (Å²) in [7, 11) is 1.11. The summed E-state index contributed by atoms with van der Waals surface area (Å²) in [6.07, 6.45) is 2.13. The van der Waals surface area contributed by atoms with E-state index in [2.05, 4.69) is 29.3 Å². The van der Waals surface area contributed by atoms with E-state index in [4.69, 9.17) is 23.7 Å². The molecule has 46 heavy (non-hydrogen) atoms. The van der Waals surface area contributed by atoms with E-state index in [1.165, 1.54) is 0 Å². The Morgan fingerprint density at radius 2 is 1.78 bits per heavy atom. The first kappa shape index (κ1) is 34.2. The van der Waals surface area contributed by atoms with Crippen molar-refractivity contribution in [1.82, 2.24) is 5.32 Å². The van der Waals surface area contributed by atoms with Crippen LogP contribution in [0.5, 0.6) is 11.5 Å². The zero-order valence-corrected chi connectivity index (χ0v) is 28.4. The predicted octanol–water partition coefficient (Wildman–Crippen LogP) is 5.67. The van der Waals surface area contributed by atoms with E-state index in [0.29, 0.717) is 31.9 Å². The number of aryl methyl sites for hydroxylation is 1. The number of sulfone groups is 1. The molecule has 3 aromatic rings. The summed E-state index contributed by atoms with van der Waals surface area (Å²) < 4.78 is 58.2. The van der Waals surface area contributed by atoms with E-state index >= 15 is 0 Å². The van der Waals surface area contributed by atoms with Gasteiger partial charge >= 0.3 is 0 Å². The molecule has 1 fully saturated rings. The number of methoxy groups -OCH3 is 3. The molecule has 0 amide bonds. The van der Waals surface area contributed by atoms with Gasteiger partial charge in [-0.05, 0) is 80.6 Å². The zero-order valence-electron chi connectivity index (χ0n) is 27.6. The molecule has 1 N–H and O–H groups in total. The molecule has 5 rings (SSSR count). The second-order valence-corrected chi connectivity index (χ2v) is 14.3. The molecular weight excluding hydrogens is 604 g/mol. The number of piperidine rings is 1. The first-order valence-electron chi connectivity index (χ1n) is 16.1. The minimum absolute atomic E-state index is 0.0524. The number of ether oxygens (including phenoxy) is 5. The summed E-state index contributed by atoms with van der Waals surface area (Å²) in [5.74, 6) is 1.46. The van der Waals surface area contributed by atoms with Crippen LogP contribution in [0.2, 0.25) is 0 Å². The fourth-order valence-electron chi connectivity index (χ4n) is 6.40. The van der Waals surface area contributed by atoms with Crippen LogP contribution in [0.1, 0.15) is 54.2 Å². The van der Waals surface area contributed by atoms with Crippen LogP contribution in [-0.2, 0) is 24.0 Å². The van der Waals surface area contributed by atoms with Crippen LogP contribution in [0.15, 0.2) is 71.6 Å². The van der Waals surface area contributed by atoms with Gasteiger partial charge in [0.15, 0.2) is 5.44 Å². The number of fused-ring (bicyclic) bond motifs is 1. The molecule has 0 aliphatic carbocycles. The van der Waals surface area contributed by atoms with Gasteiger partial charge < -0.3 is 33.9 Å². The van der Waals surface area contributed by atoms with Gasteiger partial charge in [0.25, 0.3) is 0 Å². The third-order valence-electron chi connectivity index (χ3n) is 9.08. The summed E-state index contributed by atoms with van der Waals surface area (Å²) in [5.41, 5.74) is 2.28. The van der Waals surface area contributed by atoms with Crippen molar-refractivity contribution in [1.29, 1.82) is 0 Å². The minimum atomic E-state index is -3.96. The molecule has 10 heteroatoms. The molecule has 0 aromatic heterocycles. The number of hydrogen-bond donors (Lipinski definition) is 1. The topological polar surface area (TPSA) is 95.6 Å². The summed E-state index contributed by atoms with van der Waals surface area (Å²) >= 11 is 0. The molecule has 2 aliphatic rings. The lowest BCUT2D eigenvalue weighted by Crippen LogP contribution is -2.48. The van der Waals surface area contributed by atoms with E-state index in [0.717, 1.165) is 54.1 Å². The fourth-order valence-corrected chi connectivity index (χ4v) is 7.95. The van der Waals surface area contributed by atoms with E-state index in [-0.39, 0.29) is 23.0 Å². The lowest BCUT2D eigenvalue weighted by Gasteiger charge is -2.40. The minimum Gasteiger partial charge on any atom is -0.497 e. The molecule has 2 heterocycles. The van der Waals surface area contributed by atoms with Gasteiger partial charge in [-0.3, -0.25) is 0 Å². The molecule has 5 atom stereocenters. The molecule has 0 spiro atoms. The van der Waals surface area contributed by atoms with Gasteiger partial charge in [0.1, 0.15) is 18.1 Å².